The maximum absolute atomic E-state index is 12.1. The standard InChI is InChI=1S/C18H22N2O/c19-10-9-18(21)15-11-16-7-4-8-17(12-15)20(16)13-14-5-2-1-3-6-14/h1-3,5-6,15-17H,4,7-9,11-13H2. The monoisotopic (exact) mass is 282 g/mol. The number of Topliss-reactive ketones (excluding diaryl/α,β-unsaturated/α-hetero) is 1. The van der Waals surface area contributed by atoms with Crippen molar-refractivity contribution >= 4 is 5.78 Å². The smallest absolute Gasteiger partial charge is 0.150 e. The van der Waals surface area contributed by atoms with Crippen LogP contribution in [0.2, 0.25) is 0 Å². The lowest BCUT2D eigenvalue weighted by Crippen LogP contribution is -2.52. The lowest BCUT2D eigenvalue weighted by Gasteiger charge is -2.48. The highest BCUT2D eigenvalue weighted by molar-refractivity contribution is 5.83. The summed E-state index contributed by atoms with van der Waals surface area (Å²) in [6.07, 6.45) is 5.65. The molecule has 0 aliphatic carbocycles. The van der Waals surface area contributed by atoms with E-state index >= 15 is 0 Å². The molecule has 2 atom stereocenters. The highest BCUT2D eigenvalue weighted by Crippen LogP contribution is 2.38. The third kappa shape index (κ3) is 3.16. The van der Waals surface area contributed by atoms with Gasteiger partial charge in [0.25, 0.3) is 0 Å². The van der Waals surface area contributed by atoms with E-state index in [0.29, 0.717) is 12.1 Å². The lowest BCUT2D eigenvalue weighted by atomic mass is 9.76. The Hall–Kier alpha value is -1.66. The fourth-order valence-corrected chi connectivity index (χ4v) is 4.02. The van der Waals surface area contributed by atoms with E-state index in [1.54, 1.807) is 0 Å². The molecule has 0 amide bonds. The molecule has 2 aliphatic heterocycles. The molecule has 0 N–H and O–H groups in total. The number of benzene rings is 1. The summed E-state index contributed by atoms with van der Waals surface area (Å²) in [5.74, 6) is 0.278. The normalized spacial score (nSPS) is 28.8. The van der Waals surface area contributed by atoms with Gasteiger partial charge in [0.1, 0.15) is 5.78 Å². The van der Waals surface area contributed by atoms with Gasteiger partial charge < -0.3 is 0 Å². The minimum absolute atomic E-state index is 0.0861. The van der Waals surface area contributed by atoms with Crippen molar-refractivity contribution in [3.63, 3.8) is 0 Å². The van der Waals surface area contributed by atoms with Crippen molar-refractivity contribution < 1.29 is 4.79 Å². The van der Waals surface area contributed by atoms with E-state index in [0.717, 1.165) is 19.4 Å². The number of carbonyl (C=O) groups excluding carboxylic acids is 1. The quantitative estimate of drug-likeness (QED) is 0.851. The molecular weight excluding hydrogens is 260 g/mol. The second kappa shape index (κ2) is 6.41. The lowest BCUT2D eigenvalue weighted by molar-refractivity contribution is -0.126. The molecule has 2 fully saturated rings. The van der Waals surface area contributed by atoms with E-state index in [4.69, 9.17) is 5.26 Å². The van der Waals surface area contributed by atoms with E-state index in [2.05, 4.69) is 35.2 Å². The third-order valence-electron chi connectivity index (χ3n) is 5.04. The largest absolute Gasteiger partial charge is 0.298 e. The molecule has 110 valence electrons. The van der Waals surface area contributed by atoms with Crippen LogP contribution in [-0.2, 0) is 11.3 Å². The highest BCUT2D eigenvalue weighted by atomic mass is 16.1. The van der Waals surface area contributed by atoms with Crippen LogP contribution in [-0.4, -0.2) is 22.8 Å². The summed E-state index contributed by atoms with van der Waals surface area (Å²) in [5.41, 5.74) is 1.36. The first kappa shape index (κ1) is 14.3. The van der Waals surface area contributed by atoms with Gasteiger partial charge in [0, 0.05) is 24.5 Å². The number of nitriles is 1. The van der Waals surface area contributed by atoms with Gasteiger partial charge in [0.15, 0.2) is 0 Å². The zero-order chi connectivity index (χ0) is 14.7. The van der Waals surface area contributed by atoms with Crippen LogP contribution < -0.4 is 0 Å². The van der Waals surface area contributed by atoms with Gasteiger partial charge in [-0.3, -0.25) is 9.69 Å². The van der Waals surface area contributed by atoms with Gasteiger partial charge >= 0.3 is 0 Å². The van der Waals surface area contributed by atoms with Gasteiger partial charge in [0.2, 0.25) is 0 Å². The summed E-state index contributed by atoms with van der Waals surface area (Å²) in [7, 11) is 0. The van der Waals surface area contributed by atoms with Crippen molar-refractivity contribution in [2.24, 2.45) is 5.92 Å². The Morgan fingerprint density at radius 2 is 1.86 bits per heavy atom. The molecule has 0 saturated carbocycles. The Balaban J connectivity index is 1.70. The summed E-state index contributed by atoms with van der Waals surface area (Å²) in [5, 5.41) is 8.74. The Kier molecular flexibility index (Phi) is 4.36. The molecule has 1 aromatic carbocycles. The van der Waals surface area contributed by atoms with Crippen LogP contribution in [0.4, 0.5) is 0 Å². The number of carbonyl (C=O) groups is 1. The van der Waals surface area contributed by atoms with Crippen molar-refractivity contribution in [1.82, 2.24) is 4.90 Å². The Labute approximate surface area is 126 Å². The van der Waals surface area contributed by atoms with Crippen LogP contribution in [0.25, 0.3) is 0 Å². The predicted octanol–water partition coefficient (Wildman–Crippen LogP) is 3.30. The fraction of sp³-hybridized carbons (Fsp3) is 0.556. The van der Waals surface area contributed by atoms with Crippen LogP contribution in [0.5, 0.6) is 0 Å². The first-order valence-corrected chi connectivity index (χ1v) is 7.97. The maximum Gasteiger partial charge on any atom is 0.150 e. The Bertz CT molecular complexity index is 520. The van der Waals surface area contributed by atoms with Gasteiger partial charge in [0.05, 0.1) is 12.5 Å². The molecule has 0 aromatic heterocycles. The summed E-state index contributed by atoms with van der Waals surface area (Å²) in [6.45, 7) is 0.995. The van der Waals surface area contributed by atoms with Gasteiger partial charge in [-0.2, -0.15) is 5.26 Å². The molecule has 2 aliphatic rings. The molecule has 2 unspecified atom stereocenters. The van der Waals surface area contributed by atoms with Crippen LogP contribution in [0, 0.1) is 17.2 Å². The summed E-state index contributed by atoms with van der Waals surface area (Å²) in [6, 6.07) is 13.7. The van der Waals surface area contributed by atoms with E-state index in [9.17, 15) is 4.79 Å². The molecule has 0 radical (unpaired) electrons. The van der Waals surface area contributed by atoms with Crippen LogP contribution in [0.3, 0.4) is 0 Å². The van der Waals surface area contributed by atoms with Crippen LogP contribution in [0.1, 0.15) is 44.1 Å². The molecule has 2 bridgehead atoms. The SMILES string of the molecule is N#CCC(=O)C1CC2CCCC(C1)N2Cc1ccccc1. The van der Waals surface area contributed by atoms with Gasteiger partial charge in [-0.05, 0) is 31.2 Å². The minimum Gasteiger partial charge on any atom is -0.298 e. The van der Waals surface area contributed by atoms with E-state index in [1.165, 1.54) is 24.8 Å². The molecule has 3 nitrogen and oxygen atoms in total. The first-order chi connectivity index (χ1) is 10.3. The number of hydrogen-bond acceptors (Lipinski definition) is 3. The summed E-state index contributed by atoms with van der Waals surface area (Å²) >= 11 is 0. The van der Waals surface area contributed by atoms with Crippen molar-refractivity contribution in [2.75, 3.05) is 0 Å². The number of fused-ring (bicyclic) bond motifs is 2. The molecular formula is C18H22N2O. The Morgan fingerprint density at radius 3 is 2.48 bits per heavy atom. The second-order valence-electron chi connectivity index (χ2n) is 6.37. The van der Waals surface area contributed by atoms with Gasteiger partial charge in [-0.25, -0.2) is 0 Å². The van der Waals surface area contributed by atoms with Crippen molar-refractivity contribution in [1.29, 1.82) is 5.26 Å². The molecule has 3 rings (SSSR count). The minimum atomic E-state index is 0.0861. The zero-order valence-electron chi connectivity index (χ0n) is 12.4. The first-order valence-electron chi connectivity index (χ1n) is 7.97. The van der Waals surface area contributed by atoms with Gasteiger partial charge in [-0.15, -0.1) is 0 Å². The van der Waals surface area contributed by atoms with Crippen LogP contribution in [0.15, 0.2) is 30.3 Å². The molecule has 1 aromatic rings. The third-order valence-corrected chi connectivity index (χ3v) is 5.04. The predicted molar refractivity (Wildman–Crippen MR) is 81.4 cm³/mol. The molecule has 0 spiro atoms. The van der Waals surface area contributed by atoms with E-state index < -0.39 is 0 Å². The molecule has 21 heavy (non-hydrogen) atoms. The highest BCUT2D eigenvalue weighted by Gasteiger charge is 2.40. The van der Waals surface area contributed by atoms with Crippen molar-refractivity contribution in [3.05, 3.63) is 35.9 Å². The number of ketones is 1. The number of piperidine rings is 2. The topological polar surface area (TPSA) is 44.1 Å². The molecule has 2 saturated heterocycles. The Morgan fingerprint density at radius 1 is 1.19 bits per heavy atom. The average Bonchev–Trinajstić information content (AvgIpc) is 2.48. The second-order valence-corrected chi connectivity index (χ2v) is 6.37. The number of hydrogen-bond donors (Lipinski definition) is 0. The van der Waals surface area contributed by atoms with Crippen LogP contribution >= 0.6 is 0 Å². The summed E-state index contributed by atoms with van der Waals surface area (Å²) in [4.78, 5) is 14.7. The number of rotatable bonds is 4. The average molecular weight is 282 g/mol. The van der Waals surface area contributed by atoms with E-state index in [-0.39, 0.29) is 18.1 Å². The van der Waals surface area contributed by atoms with Gasteiger partial charge in [-0.1, -0.05) is 36.8 Å². The molecule has 3 heteroatoms. The summed E-state index contributed by atoms with van der Waals surface area (Å²) < 4.78 is 0. The molecule has 2 heterocycles. The maximum atomic E-state index is 12.1. The van der Waals surface area contributed by atoms with Crippen molar-refractivity contribution in [2.45, 2.75) is 57.2 Å². The van der Waals surface area contributed by atoms with Crippen molar-refractivity contribution in [3.8, 4) is 6.07 Å². The number of nitrogens with zero attached hydrogens (tertiary/aromatic N) is 2. The van der Waals surface area contributed by atoms with E-state index in [1.807, 2.05) is 6.07 Å². The fourth-order valence-electron chi connectivity index (χ4n) is 4.02. The zero-order valence-corrected chi connectivity index (χ0v) is 12.4.